The lowest BCUT2D eigenvalue weighted by molar-refractivity contribution is -0.000760. The first-order valence-electron chi connectivity index (χ1n) is 4.64. The van der Waals surface area contributed by atoms with Crippen LogP contribution in [0.2, 0.25) is 0 Å². The summed E-state index contributed by atoms with van der Waals surface area (Å²) in [4.78, 5) is 0. The molecule has 0 aliphatic carbocycles. The summed E-state index contributed by atoms with van der Waals surface area (Å²) in [6.45, 7) is 3.11. The summed E-state index contributed by atoms with van der Waals surface area (Å²) in [5.74, 6) is 0. The average molecular weight is 223 g/mol. The molecule has 0 aromatic heterocycles. The van der Waals surface area contributed by atoms with Crippen LogP contribution < -0.4 is 0 Å². The summed E-state index contributed by atoms with van der Waals surface area (Å²) >= 11 is 0. The largest absolute Gasteiger partial charge is 0.393 e. The molecule has 6 heteroatoms. The Kier molecular flexibility index (Phi) is 3.20. The normalized spacial score (nSPS) is 30.1. The molecule has 1 aliphatic rings. The Balaban J connectivity index is 2.77. The minimum absolute atomic E-state index is 0.00398. The van der Waals surface area contributed by atoms with Crippen LogP contribution >= 0.6 is 0 Å². The maximum absolute atomic E-state index is 11.7. The van der Waals surface area contributed by atoms with E-state index in [9.17, 15) is 13.5 Å². The number of sulfonamides is 1. The van der Waals surface area contributed by atoms with Gasteiger partial charge in [0.2, 0.25) is 10.0 Å². The lowest BCUT2D eigenvalue weighted by Gasteiger charge is -2.22. The molecule has 2 N–H and O–H groups in total. The Morgan fingerprint density at radius 2 is 2.07 bits per heavy atom. The first-order chi connectivity index (χ1) is 6.32. The summed E-state index contributed by atoms with van der Waals surface area (Å²) in [5, 5.41) is 18.1. The van der Waals surface area contributed by atoms with Crippen molar-refractivity contribution in [1.82, 2.24) is 4.31 Å². The smallest absolute Gasteiger partial charge is 0.216 e. The molecule has 14 heavy (non-hydrogen) atoms. The second-order valence-corrected chi connectivity index (χ2v) is 6.55. The molecule has 1 unspecified atom stereocenters. The molecule has 1 fully saturated rings. The summed E-state index contributed by atoms with van der Waals surface area (Å²) in [7, 11) is -3.30. The standard InChI is InChI=1S/C8H17NO4S/c1-7(2)14(12,13)9-4-3-8(11,5-9)6-10/h7,10-11H,3-6H2,1-2H3. The lowest BCUT2D eigenvalue weighted by atomic mass is 10.1. The highest BCUT2D eigenvalue weighted by Gasteiger charge is 2.41. The van der Waals surface area contributed by atoms with Crippen LogP contribution in [0.3, 0.4) is 0 Å². The first kappa shape index (κ1) is 11.9. The Hall–Kier alpha value is -0.170. The molecule has 0 bridgehead atoms. The second-order valence-electron chi connectivity index (χ2n) is 4.06. The van der Waals surface area contributed by atoms with E-state index in [0.717, 1.165) is 0 Å². The van der Waals surface area contributed by atoms with Gasteiger partial charge in [-0.2, -0.15) is 4.31 Å². The van der Waals surface area contributed by atoms with E-state index in [1.54, 1.807) is 13.8 Å². The van der Waals surface area contributed by atoms with Gasteiger partial charge in [0.15, 0.2) is 0 Å². The predicted molar refractivity (Wildman–Crippen MR) is 52.3 cm³/mol. The van der Waals surface area contributed by atoms with E-state index in [1.807, 2.05) is 0 Å². The fourth-order valence-electron chi connectivity index (χ4n) is 1.46. The van der Waals surface area contributed by atoms with Gasteiger partial charge in [-0.1, -0.05) is 0 Å². The van der Waals surface area contributed by atoms with Gasteiger partial charge in [0.05, 0.1) is 11.9 Å². The molecule has 5 nitrogen and oxygen atoms in total. The van der Waals surface area contributed by atoms with Crippen molar-refractivity contribution in [3.8, 4) is 0 Å². The topological polar surface area (TPSA) is 77.8 Å². The SMILES string of the molecule is CC(C)S(=O)(=O)N1CCC(O)(CO)C1. The Morgan fingerprint density at radius 1 is 1.50 bits per heavy atom. The number of aliphatic hydroxyl groups is 2. The minimum Gasteiger partial charge on any atom is -0.393 e. The molecule has 1 rings (SSSR count). The molecule has 0 radical (unpaired) electrons. The van der Waals surface area contributed by atoms with E-state index in [-0.39, 0.29) is 13.1 Å². The van der Waals surface area contributed by atoms with Gasteiger partial charge in [-0.05, 0) is 20.3 Å². The monoisotopic (exact) mass is 223 g/mol. The number of hydrogen-bond acceptors (Lipinski definition) is 4. The van der Waals surface area contributed by atoms with Crippen molar-refractivity contribution in [1.29, 1.82) is 0 Å². The predicted octanol–water partition coefficient (Wildman–Crippen LogP) is -0.846. The summed E-state index contributed by atoms with van der Waals surface area (Å²) < 4.78 is 24.6. The minimum atomic E-state index is -3.30. The van der Waals surface area contributed by atoms with E-state index in [1.165, 1.54) is 4.31 Å². The van der Waals surface area contributed by atoms with Gasteiger partial charge >= 0.3 is 0 Å². The molecular weight excluding hydrogens is 206 g/mol. The second kappa shape index (κ2) is 3.77. The van der Waals surface area contributed by atoms with E-state index in [4.69, 9.17) is 5.11 Å². The summed E-state index contributed by atoms with van der Waals surface area (Å²) in [6, 6.07) is 0. The molecule has 84 valence electrons. The van der Waals surface area contributed by atoms with E-state index >= 15 is 0 Å². The molecule has 0 saturated carbocycles. The lowest BCUT2D eigenvalue weighted by Crippen LogP contribution is -2.40. The number of β-amino-alcohol motifs (C(OH)–C–C–N with tert-alkyl or cyclic N) is 1. The van der Waals surface area contributed by atoms with Crippen LogP contribution in [0, 0.1) is 0 Å². The fraction of sp³-hybridized carbons (Fsp3) is 1.00. The van der Waals surface area contributed by atoms with Crippen LogP contribution in [0.1, 0.15) is 20.3 Å². The molecular formula is C8H17NO4S. The highest BCUT2D eigenvalue weighted by atomic mass is 32.2. The maximum Gasteiger partial charge on any atom is 0.216 e. The Morgan fingerprint density at radius 3 is 2.43 bits per heavy atom. The van der Waals surface area contributed by atoms with Crippen LogP contribution in [0.5, 0.6) is 0 Å². The van der Waals surface area contributed by atoms with Crippen molar-refractivity contribution in [2.45, 2.75) is 31.1 Å². The quantitative estimate of drug-likeness (QED) is 0.653. The van der Waals surface area contributed by atoms with Gasteiger partial charge in [-0.25, -0.2) is 8.42 Å². The fourth-order valence-corrected chi connectivity index (χ4v) is 2.83. The molecule has 1 heterocycles. The number of aliphatic hydroxyl groups excluding tert-OH is 1. The summed E-state index contributed by atoms with van der Waals surface area (Å²) in [5.41, 5.74) is -1.25. The van der Waals surface area contributed by atoms with Gasteiger partial charge in [0.1, 0.15) is 5.60 Å². The molecule has 1 atom stereocenters. The van der Waals surface area contributed by atoms with Crippen molar-refractivity contribution >= 4 is 10.0 Å². The highest BCUT2D eigenvalue weighted by Crippen LogP contribution is 2.24. The van der Waals surface area contributed by atoms with Crippen LogP contribution in [-0.2, 0) is 10.0 Å². The van der Waals surface area contributed by atoms with Gasteiger partial charge < -0.3 is 10.2 Å². The van der Waals surface area contributed by atoms with Crippen LogP contribution in [0.4, 0.5) is 0 Å². The van der Waals surface area contributed by atoms with Gasteiger partial charge in [0.25, 0.3) is 0 Å². The van der Waals surface area contributed by atoms with Crippen LogP contribution in [0.25, 0.3) is 0 Å². The summed E-state index contributed by atoms with van der Waals surface area (Å²) in [6.07, 6.45) is 0.301. The van der Waals surface area contributed by atoms with Crippen molar-refractivity contribution in [3.05, 3.63) is 0 Å². The molecule has 0 spiro atoms. The van der Waals surface area contributed by atoms with Crippen molar-refractivity contribution in [2.24, 2.45) is 0 Å². The first-order valence-corrected chi connectivity index (χ1v) is 6.14. The zero-order chi connectivity index (χ0) is 11.0. The number of nitrogens with zero attached hydrogens (tertiary/aromatic N) is 1. The van der Waals surface area contributed by atoms with E-state index in [2.05, 4.69) is 0 Å². The Labute approximate surface area is 84.4 Å². The molecule has 0 aromatic carbocycles. The molecule has 1 saturated heterocycles. The third kappa shape index (κ3) is 2.08. The van der Waals surface area contributed by atoms with Crippen LogP contribution in [0.15, 0.2) is 0 Å². The molecule has 1 aliphatic heterocycles. The third-order valence-electron chi connectivity index (χ3n) is 2.55. The Bertz CT molecular complexity index is 300. The van der Waals surface area contributed by atoms with Gasteiger partial charge in [0, 0.05) is 13.1 Å². The number of hydrogen-bond donors (Lipinski definition) is 2. The van der Waals surface area contributed by atoms with Crippen molar-refractivity contribution in [3.63, 3.8) is 0 Å². The third-order valence-corrected chi connectivity index (χ3v) is 4.77. The van der Waals surface area contributed by atoms with Gasteiger partial charge in [-0.3, -0.25) is 0 Å². The van der Waals surface area contributed by atoms with Crippen molar-refractivity contribution in [2.75, 3.05) is 19.7 Å². The zero-order valence-corrected chi connectivity index (χ0v) is 9.29. The van der Waals surface area contributed by atoms with Crippen molar-refractivity contribution < 1.29 is 18.6 Å². The average Bonchev–Trinajstić information content (AvgIpc) is 2.49. The molecule has 0 amide bonds. The molecule has 0 aromatic rings. The van der Waals surface area contributed by atoms with E-state index < -0.39 is 27.5 Å². The maximum atomic E-state index is 11.7. The van der Waals surface area contributed by atoms with E-state index in [0.29, 0.717) is 6.42 Å². The number of rotatable bonds is 3. The van der Waals surface area contributed by atoms with Gasteiger partial charge in [-0.15, -0.1) is 0 Å². The van der Waals surface area contributed by atoms with Crippen LogP contribution in [-0.4, -0.2) is 53.5 Å². The highest BCUT2D eigenvalue weighted by molar-refractivity contribution is 7.89. The zero-order valence-electron chi connectivity index (χ0n) is 8.47.